The number of rotatable bonds is 0. The van der Waals surface area contributed by atoms with Gasteiger partial charge in [-0.25, -0.2) is 0 Å². The molecule has 96 heavy (non-hydrogen) atoms. The van der Waals surface area contributed by atoms with Crippen molar-refractivity contribution in [2.45, 2.75) is 83.1 Å². The fourth-order valence-corrected chi connectivity index (χ4v) is 13.8. The molecule has 0 saturated carbocycles. The number of benzene rings is 18. The van der Waals surface area contributed by atoms with E-state index in [1.165, 1.54) is 196 Å². The van der Waals surface area contributed by atoms with Gasteiger partial charge in [-0.1, -0.05) is 358 Å². The molecule has 0 spiro atoms. The molecular formula is C96H84. The highest BCUT2D eigenvalue weighted by molar-refractivity contribution is 6.26. The summed E-state index contributed by atoms with van der Waals surface area (Å²) < 4.78 is 0. The highest BCUT2D eigenvalue weighted by atomic mass is 14.1. The molecule has 0 bridgehead atoms. The summed E-state index contributed by atoms with van der Waals surface area (Å²) in [6.45, 7) is 25.6. The highest BCUT2D eigenvalue weighted by Gasteiger charge is 2.11. The molecule has 0 saturated heterocycles. The summed E-state index contributed by atoms with van der Waals surface area (Å²) in [6.07, 6.45) is 0. The van der Waals surface area contributed by atoms with Gasteiger partial charge in [0.25, 0.3) is 0 Å². The fraction of sp³-hybridized carbons (Fsp3) is 0.125. The SMILES string of the molecule is Cc1ccc(C)cc1.Cc1ccc2c(ccc3c4ccc(C)cc4ccc23)c1.Cc1ccc2c(ccc3cc(C)ccc32)c1.Cc1ccc2c3ccc(C)cc3c3ccccc3c2c1.Cc1ccc2cc(C)ccc2c1.Cc1ccc2ccc3c4cc(C)ccc4ccc3c2c1. The van der Waals surface area contributed by atoms with E-state index in [1.54, 1.807) is 0 Å². The van der Waals surface area contributed by atoms with Gasteiger partial charge in [-0.2, -0.15) is 0 Å². The van der Waals surface area contributed by atoms with Gasteiger partial charge < -0.3 is 0 Å². The second-order valence-corrected chi connectivity index (χ2v) is 27.0. The topological polar surface area (TPSA) is 0 Å². The van der Waals surface area contributed by atoms with Gasteiger partial charge in [0, 0.05) is 0 Å². The fourth-order valence-electron chi connectivity index (χ4n) is 13.8. The average Bonchev–Trinajstić information content (AvgIpc) is 0.765. The standard InChI is InChI=1S/3C20H16.C16H14.C12H12.C8H10/c1-13-3-7-17-15(11-13)5-9-20-18-8-4-14(2)12-16(18)6-10-19(17)20;1-13-3-5-15-7-10-18-17(19(15)11-13)9-8-16-6-4-14(2)12-20(16)18;1-13-7-9-17-18-10-8-14(2)12-20(18)16-6-4-3-5-15(16)19(17)11-13;1-11-3-7-15-13(9-11)5-6-14-10-12(2)4-8-16(14)15;1-9-3-5-12-8-10(2)4-6-11(12)7-9;1-7-3-5-8(2)6-4-7/h3*3-12H,1-2H3;3-10H,1-2H3;3-8H,1-2H3;3-6H,1-2H3. The van der Waals surface area contributed by atoms with E-state index in [0.29, 0.717) is 0 Å². The third-order valence-electron chi connectivity index (χ3n) is 19.0. The third kappa shape index (κ3) is 13.8. The first kappa shape index (κ1) is 63.8. The van der Waals surface area contributed by atoms with Crippen molar-refractivity contribution in [2.24, 2.45) is 0 Å². The Labute approximate surface area is 566 Å². The van der Waals surface area contributed by atoms with E-state index < -0.39 is 0 Å². The largest absolute Gasteiger partial charge is 0.0616 e. The lowest BCUT2D eigenvalue weighted by Gasteiger charge is -2.11. The van der Waals surface area contributed by atoms with Crippen molar-refractivity contribution in [3.63, 3.8) is 0 Å². The van der Waals surface area contributed by atoms with E-state index in [0.717, 1.165) is 0 Å². The minimum Gasteiger partial charge on any atom is -0.0616 e. The predicted molar refractivity (Wildman–Crippen MR) is 426 cm³/mol. The molecule has 0 aliphatic carbocycles. The normalized spacial score (nSPS) is 11.1. The Morgan fingerprint density at radius 3 is 0.594 bits per heavy atom. The first-order valence-electron chi connectivity index (χ1n) is 33.8. The Morgan fingerprint density at radius 1 is 0.104 bits per heavy atom. The summed E-state index contributed by atoms with van der Waals surface area (Å²) in [4.78, 5) is 0. The van der Waals surface area contributed by atoms with Gasteiger partial charge in [0.05, 0.1) is 0 Å². The molecule has 18 rings (SSSR count). The lowest BCUT2D eigenvalue weighted by atomic mass is 9.93. The second kappa shape index (κ2) is 27.6. The molecule has 18 aromatic carbocycles. The first-order valence-corrected chi connectivity index (χ1v) is 33.8. The molecule has 18 aromatic rings. The second-order valence-electron chi connectivity index (χ2n) is 27.0. The highest BCUT2D eigenvalue weighted by Crippen LogP contribution is 2.38. The molecule has 0 heterocycles. The summed E-state index contributed by atoms with van der Waals surface area (Å²) in [7, 11) is 0. The van der Waals surface area contributed by atoms with E-state index in [9.17, 15) is 0 Å². The van der Waals surface area contributed by atoms with E-state index >= 15 is 0 Å². The molecule has 0 radical (unpaired) electrons. The summed E-state index contributed by atoms with van der Waals surface area (Å²) >= 11 is 0. The molecule has 468 valence electrons. The van der Waals surface area contributed by atoms with Gasteiger partial charge in [-0.05, 0) is 212 Å². The number of hydrogen-bond acceptors (Lipinski definition) is 0. The van der Waals surface area contributed by atoms with Crippen LogP contribution in [-0.4, -0.2) is 0 Å². The third-order valence-corrected chi connectivity index (χ3v) is 19.0. The summed E-state index contributed by atoms with van der Waals surface area (Å²) in [5.74, 6) is 0. The Balaban J connectivity index is 0.000000106. The molecule has 0 fully saturated rings. The quantitative estimate of drug-likeness (QED) is 0.133. The smallest absolute Gasteiger partial charge is 0.00963 e. The van der Waals surface area contributed by atoms with Crippen molar-refractivity contribution in [1.29, 1.82) is 0 Å². The molecular weight excluding hydrogens is 1150 g/mol. The van der Waals surface area contributed by atoms with Crippen LogP contribution in [-0.2, 0) is 0 Å². The predicted octanol–water partition coefficient (Wildman–Crippen LogP) is 27.7. The lowest BCUT2D eigenvalue weighted by Crippen LogP contribution is -1.85. The number of fused-ring (bicyclic) bond motifs is 20. The first-order chi connectivity index (χ1) is 46.5. The zero-order valence-electron chi connectivity index (χ0n) is 57.7. The van der Waals surface area contributed by atoms with Crippen LogP contribution >= 0.6 is 0 Å². The van der Waals surface area contributed by atoms with Crippen LogP contribution in [0.5, 0.6) is 0 Å². The Morgan fingerprint density at radius 2 is 0.271 bits per heavy atom. The van der Waals surface area contributed by atoms with Gasteiger partial charge in [0.15, 0.2) is 0 Å². The average molecular weight is 1240 g/mol. The molecule has 0 atom stereocenters. The van der Waals surface area contributed by atoms with Crippen molar-refractivity contribution in [3.8, 4) is 0 Å². The lowest BCUT2D eigenvalue weighted by molar-refractivity contribution is 1.40. The Bertz CT molecular complexity index is 5570. The van der Waals surface area contributed by atoms with Gasteiger partial charge in [0.2, 0.25) is 0 Å². The monoisotopic (exact) mass is 1240 g/mol. The van der Waals surface area contributed by atoms with Crippen LogP contribution in [0.2, 0.25) is 0 Å². The van der Waals surface area contributed by atoms with E-state index in [-0.39, 0.29) is 0 Å². The van der Waals surface area contributed by atoms with Gasteiger partial charge in [0.1, 0.15) is 0 Å². The van der Waals surface area contributed by atoms with Gasteiger partial charge in [-0.15, -0.1) is 0 Å². The number of aryl methyl sites for hydroxylation is 12. The molecule has 0 unspecified atom stereocenters. The molecule has 0 aliphatic heterocycles. The number of hydrogen-bond donors (Lipinski definition) is 0. The van der Waals surface area contributed by atoms with Crippen LogP contribution in [0.3, 0.4) is 0 Å². The zero-order chi connectivity index (χ0) is 66.7. The van der Waals surface area contributed by atoms with Gasteiger partial charge >= 0.3 is 0 Å². The van der Waals surface area contributed by atoms with Crippen LogP contribution in [0.1, 0.15) is 66.8 Å². The van der Waals surface area contributed by atoms with Crippen LogP contribution in [0, 0.1) is 83.1 Å². The molecule has 0 aromatic heterocycles. The summed E-state index contributed by atoms with van der Waals surface area (Å²) in [5, 5.41) is 32.2. The van der Waals surface area contributed by atoms with Crippen molar-refractivity contribution in [1.82, 2.24) is 0 Å². The Kier molecular flexibility index (Phi) is 18.3. The zero-order valence-corrected chi connectivity index (χ0v) is 57.7. The van der Waals surface area contributed by atoms with Crippen molar-refractivity contribution < 1.29 is 0 Å². The van der Waals surface area contributed by atoms with Crippen molar-refractivity contribution in [2.75, 3.05) is 0 Å². The maximum Gasteiger partial charge on any atom is -0.00963 e. The molecule has 0 heteroatoms. The van der Waals surface area contributed by atoms with E-state index in [4.69, 9.17) is 0 Å². The summed E-state index contributed by atoms with van der Waals surface area (Å²) in [5.41, 5.74) is 15.8. The molecule has 0 aliphatic rings. The minimum atomic E-state index is 1.31. The van der Waals surface area contributed by atoms with Crippen LogP contribution in [0.25, 0.3) is 129 Å². The van der Waals surface area contributed by atoms with E-state index in [1.807, 2.05) is 0 Å². The minimum absolute atomic E-state index is 1.31. The summed E-state index contributed by atoms with van der Waals surface area (Å²) in [6, 6.07) is 106. The van der Waals surface area contributed by atoms with Crippen molar-refractivity contribution >= 4 is 129 Å². The van der Waals surface area contributed by atoms with Crippen LogP contribution in [0.15, 0.2) is 291 Å². The van der Waals surface area contributed by atoms with Gasteiger partial charge in [-0.3, -0.25) is 0 Å². The maximum absolute atomic E-state index is 2.30. The van der Waals surface area contributed by atoms with Crippen LogP contribution in [0.4, 0.5) is 0 Å². The Hall–Kier alpha value is -10.9. The molecule has 0 amide bonds. The van der Waals surface area contributed by atoms with E-state index in [2.05, 4.69) is 374 Å². The molecule has 0 N–H and O–H groups in total. The maximum atomic E-state index is 2.30. The van der Waals surface area contributed by atoms with Crippen LogP contribution < -0.4 is 0 Å². The molecule has 0 nitrogen and oxygen atoms in total. The van der Waals surface area contributed by atoms with Crippen molar-refractivity contribution in [3.05, 3.63) is 358 Å².